The Bertz CT molecular complexity index is 669. The smallest absolute Gasteiger partial charge is 0.184 e. The lowest BCUT2D eigenvalue weighted by Crippen LogP contribution is -2.08. The standard InChI is InChI=1S/C12H13N3O2S/c1-9-4-10(6-15-5-9)8-18(16,17)12-2-3-14-7-11(12)13/h2-7H,8,13H2,1H3. The van der Waals surface area contributed by atoms with Gasteiger partial charge in [0.25, 0.3) is 0 Å². The third-order valence-corrected chi connectivity index (χ3v) is 4.19. The first-order chi connectivity index (χ1) is 8.49. The molecule has 2 aromatic heterocycles. The van der Waals surface area contributed by atoms with E-state index in [9.17, 15) is 8.42 Å². The van der Waals surface area contributed by atoms with Crippen molar-refractivity contribution in [3.8, 4) is 0 Å². The summed E-state index contributed by atoms with van der Waals surface area (Å²) in [6.45, 7) is 1.86. The van der Waals surface area contributed by atoms with Crippen LogP contribution in [0.2, 0.25) is 0 Å². The van der Waals surface area contributed by atoms with Crippen molar-refractivity contribution >= 4 is 15.5 Å². The normalized spacial score (nSPS) is 11.4. The SMILES string of the molecule is Cc1cncc(CS(=O)(=O)c2ccncc2N)c1. The fourth-order valence-corrected chi connectivity index (χ4v) is 3.10. The summed E-state index contributed by atoms with van der Waals surface area (Å²) in [5.41, 5.74) is 7.36. The van der Waals surface area contributed by atoms with E-state index < -0.39 is 9.84 Å². The first-order valence-electron chi connectivity index (χ1n) is 5.32. The maximum absolute atomic E-state index is 12.2. The van der Waals surface area contributed by atoms with Crippen LogP contribution in [0.5, 0.6) is 0 Å². The third kappa shape index (κ3) is 2.65. The Morgan fingerprint density at radius 1 is 1.22 bits per heavy atom. The molecule has 0 amide bonds. The van der Waals surface area contributed by atoms with Crippen molar-refractivity contribution in [3.05, 3.63) is 48.0 Å². The molecule has 2 heterocycles. The molecule has 0 aliphatic rings. The van der Waals surface area contributed by atoms with Gasteiger partial charge in [-0.05, 0) is 24.1 Å². The highest BCUT2D eigenvalue weighted by Crippen LogP contribution is 2.21. The minimum atomic E-state index is -3.47. The highest BCUT2D eigenvalue weighted by molar-refractivity contribution is 7.90. The molecule has 6 heteroatoms. The van der Waals surface area contributed by atoms with Gasteiger partial charge in [-0.1, -0.05) is 6.07 Å². The molecule has 0 atom stereocenters. The van der Waals surface area contributed by atoms with Crippen molar-refractivity contribution in [2.75, 3.05) is 5.73 Å². The molecule has 0 aliphatic heterocycles. The number of hydrogen-bond donors (Lipinski definition) is 1. The van der Waals surface area contributed by atoms with Crippen LogP contribution in [0.25, 0.3) is 0 Å². The molecule has 0 saturated carbocycles. The molecule has 2 N–H and O–H groups in total. The zero-order valence-electron chi connectivity index (χ0n) is 9.87. The van der Waals surface area contributed by atoms with E-state index in [0.29, 0.717) is 5.56 Å². The van der Waals surface area contributed by atoms with Crippen molar-refractivity contribution in [2.24, 2.45) is 0 Å². The summed E-state index contributed by atoms with van der Waals surface area (Å²) in [7, 11) is -3.47. The molecule has 94 valence electrons. The van der Waals surface area contributed by atoms with Crippen molar-refractivity contribution < 1.29 is 8.42 Å². The molecular weight excluding hydrogens is 250 g/mol. The van der Waals surface area contributed by atoms with Gasteiger partial charge in [0, 0.05) is 18.6 Å². The van der Waals surface area contributed by atoms with Crippen LogP contribution in [0.1, 0.15) is 11.1 Å². The zero-order valence-corrected chi connectivity index (χ0v) is 10.7. The van der Waals surface area contributed by atoms with Gasteiger partial charge in [0.15, 0.2) is 9.84 Å². The van der Waals surface area contributed by atoms with Crippen LogP contribution >= 0.6 is 0 Å². The zero-order chi connectivity index (χ0) is 13.2. The number of nitrogens with two attached hydrogens (primary N) is 1. The van der Waals surface area contributed by atoms with Crippen LogP contribution in [0, 0.1) is 6.92 Å². The number of nitrogens with zero attached hydrogens (tertiary/aromatic N) is 2. The van der Waals surface area contributed by atoms with Crippen LogP contribution in [0.4, 0.5) is 5.69 Å². The molecule has 0 bridgehead atoms. The first kappa shape index (κ1) is 12.5. The first-order valence-corrected chi connectivity index (χ1v) is 6.97. The largest absolute Gasteiger partial charge is 0.396 e. The van der Waals surface area contributed by atoms with Gasteiger partial charge in [-0.3, -0.25) is 9.97 Å². The van der Waals surface area contributed by atoms with E-state index in [1.165, 1.54) is 18.5 Å². The fraction of sp³-hybridized carbons (Fsp3) is 0.167. The molecule has 0 aliphatic carbocycles. The van der Waals surface area contributed by atoms with Gasteiger partial charge in [0.1, 0.15) is 0 Å². The van der Waals surface area contributed by atoms with E-state index in [0.717, 1.165) is 5.56 Å². The summed E-state index contributed by atoms with van der Waals surface area (Å²) in [5, 5.41) is 0. The molecule has 0 spiro atoms. The van der Waals surface area contributed by atoms with Crippen LogP contribution in [-0.4, -0.2) is 18.4 Å². The topological polar surface area (TPSA) is 85.9 Å². The second-order valence-electron chi connectivity index (χ2n) is 4.04. The highest BCUT2D eigenvalue weighted by atomic mass is 32.2. The molecule has 0 aromatic carbocycles. The average molecular weight is 263 g/mol. The quantitative estimate of drug-likeness (QED) is 0.903. The lowest BCUT2D eigenvalue weighted by Gasteiger charge is -2.07. The van der Waals surface area contributed by atoms with E-state index in [4.69, 9.17) is 5.73 Å². The van der Waals surface area contributed by atoms with Gasteiger partial charge in [-0.15, -0.1) is 0 Å². The van der Waals surface area contributed by atoms with E-state index in [2.05, 4.69) is 9.97 Å². The Balaban J connectivity index is 2.37. The third-order valence-electron chi connectivity index (χ3n) is 2.43. The van der Waals surface area contributed by atoms with Gasteiger partial charge in [0.05, 0.1) is 22.5 Å². The van der Waals surface area contributed by atoms with Crippen molar-refractivity contribution in [1.82, 2.24) is 9.97 Å². The molecule has 18 heavy (non-hydrogen) atoms. The van der Waals surface area contributed by atoms with Crippen molar-refractivity contribution in [2.45, 2.75) is 17.6 Å². The van der Waals surface area contributed by atoms with E-state index in [-0.39, 0.29) is 16.3 Å². The van der Waals surface area contributed by atoms with Crippen LogP contribution in [0.15, 0.2) is 41.8 Å². The Labute approximate surface area is 106 Å². The summed E-state index contributed by atoms with van der Waals surface area (Å²) in [6.07, 6.45) is 5.97. The number of aromatic nitrogens is 2. The lowest BCUT2D eigenvalue weighted by molar-refractivity contribution is 0.595. The Hall–Kier alpha value is -1.95. The van der Waals surface area contributed by atoms with Crippen molar-refractivity contribution in [3.63, 3.8) is 0 Å². The molecule has 2 rings (SSSR count). The molecule has 5 nitrogen and oxygen atoms in total. The second kappa shape index (κ2) is 4.73. The average Bonchev–Trinajstić information content (AvgIpc) is 2.28. The summed E-state index contributed by atoms with van der Waals surface area (Å²) < 4.78 is 24.4. The summed E-state index contributed by atoms with van der Waals surface area (Å²) in [5.74, 6) is -0.115. The van der Waals surface area contributed by atoms with Crippen molar-refractivity contribution in [1.29, 1.82) is 0 Å². The maximum Gasteiger partial charge on any atom is 0.184 e. The Morgan fingerprint density at radius 2 is 2.00 bits per heavy atom. The van der Waals surface area contributed by atoms with Crippen LogP contribution < -0.4 is 5.73 Å². The van der Waals surface area contributed by atoms with Crippen LogP contribution in [0.3, 0.4) is 0 Å². The van der Waals surface area contributed by atoms with E-state index >= 15 is 0 Å². The molecular formula is C12H13N3O2S. The number of aryl methyl sites for hydroxylation is 1. The van der Waals surface area contributed by atoms with E-state index in [1.54, 1.807) is 18.5 Å². The van der Waals surface area contributed by atoms with Gasteiger partial charge < -0.3 is 5.73 Å². The van der Waals surface area contributed by atoms with Gasteiger partial charge >= 0.3 is 0 Å². The monoisotopic (exact) mass is 263 g/mol. The summed E-state index contributed by atoms with van der Waals surface area (Å²) in [4.78, 5) is 7.86. The molecule has 2 aromatic rings. The number of hydrogen-bond acceptors (Lipinski definition) is 5. The molecule has 0 fully saturated rings. The van der Waals surface area contributed by atoms with E-state index in [1.807, 2.05) is 6.92 Å². The van der Waals surface area contributed by atoms with Crippen LogP contribution in [-0.2, 0) is 15.6 Å². The second-order valence-corrected chi connectivity index (χ2v) is 6.00. The summed E-state index contributed by atoms with van der Waals surface area (Å²) in [6, 6.07) is 3.20. The predicted molar refractivity (Wildman–Crippen MR) is 68.5 cm³/mol. The Kier molecular flexibility index (Phi) is 3.29. The number of pyridine rings is 2. The number of sulfone groups is 1. The predicted octanol–water partition coefficient (Wildman–Crippen LogP) is 1.34. The highest BCUT2D eigenvalue weighted by Gasteiger charge is 2.18. The minimum Gasteiger partial charge on any atom is -0.396 e. The van der Waals surface area contributed by atoms with Gasteiger partial charge in [-0.2, -0.15) is 0 Å². The maximum atomic E-state index is 12.2. The molecule has 0 radical (unpaired) electrons. The van der Waals surface area contributed by atoms with Gasteiger partial charge in [-0.25, -0.2) is 8.42 Å². The fourth-order valence-electron chi connectivity index (χ4n) is 1.67. The molecule has 0 unspecified atom stereocenters. The number of anilines is 1. The summed E-state index contributed by atoms with van der Waals surface area (Å²) >= 11 is 0. The molecule has 0 saturated heterocycles. The minimum absolute atomic E-state index is 0.110. The Morgan fingerprint density at radius 3 is 2.67 bits per heavy atom. The number of nitrogen functional groups attached to an aromatic ring is 1. The van der Waals surface area contributed by atoms with Gasteiger partial charge in [0.2, 0.25) is 0 Å². The number of rotatable bonds is 3. The lowest BCUT2D eigenvalue weighted by atomic mass is 10.2.